The minimum absolute atomic E-state index is 0.303. The quantitative estimate of drug-likeness (QED) is 0.493. The second-order valence-electron chi connectivity index (χ2n) is 7.52. The molecule has 2 saturated heterocycles. The highest BCUT2D eigenvalue weighted by atomic mass is 32.2. The van der Waals surface area contributed by atoms with Crippen LogP contribution in [0.5, 0.6) is 0 Å². The van der Waals surface area contributed by atoms with E-state index in [1.807, 2.05) is 0 Å². The van der Waals surface area contributed by atoms with E-state index in [0.29, 0.717) is 0 Å². The maximum absolute atomic E-state index is 10.9. The average molecular weight is 313 g/mol. The number of hydrogen-bond acceptors (Lipinski definition) is 2. The van der Waals surface area contributed by atoms with Crippen molar-refractivity contribution in [3.8, 4) is 0 Å². The second kappa shape index (κ2) is 9.45. The van der Waals surface area contributed by atoms with Crippen molar-refractivity contribution < 1.29 is 5.11 Å². The van der Waals surface area contributed by atoms with E-state index in [1.54, 1.807) is 0 Å². The van der Waals surface area contributed by atoms with Crippen LogP contribution in [0.2, 0.25) is 0 Å². The van der Waals surface area contributed by atoms with Gasteiger partial charge >= 0.3 is 0 Å². The van der Waals surface area contributed by atoms with Crippen molar-refractivity contribution in [2.45, 2.75) is 119 Å². The van der Waals surface area contributed by atoms with Gasteiger partial charge in [-0.15, -0.1) is 0 Å². The van der Waals surface area contributed by atoms with Crippen LogP contribution in [0.1, 0.15) is 103 Å². The number of hydrogen-bond donors (Lipinski definition) is 1. The summed E-state index contributed by atoms with van der Waals surface area (Å²) >= 11 is 2.17. The third kappa shape index (κ3) is 6.52. The molecule has 2 aliphatic heterocycles. The third-order valence-corrected chi connectivity index (χ3v) is 6.97. The second-order valence-corrected chi connectivity index (χ2v) is 9.13. The molecule has 0 aromatic rings. The molecule has 124 valence electrons. The van der Waals surface area contributed by atoms with Crippen molar-refractivity contribution in [2.24, 2.45) is 0 Å². The predicted molar refractivity (Wildman–Crippen MR) is 95.0 cm³/mol. The molecule has 2 bridgehead atoms. The van der Waals surface area contributed by atoms with Crippen molar-refractivity contribution in [1.29, 1.82) is 0 Å². The van der Waals surface area contributed by atoms with Crippen molar-refractivity contribution in [3.05, 3.63) is 0 Å². The molecular formula is C19H36OS. The van der Waals surface area contributed by atoms with Crippen LogP contribution in [-0.4, -0.2) is 21.2 Å². The highest BCUT2D eigenvalue weighted by Gasteiger charge is 2.40. The summed E-state index contributed by atoms with van der Waals surface area (Å²) in [6.45, 7) is 2.28. The first-order valence-corrected chi connectivity index (χ1v) is 10.5. The highest BCUT2D eigenvalue weighted by molar-refractivity contribution is 8.00. The van der Waals surface area contributed by atoms with Crippen LogP contribution in [0.25, 0.3) is 0 Å². The van der Waals surface area contributed by atoms with Crippen molar-refractivity contribution in [2.75, 3.05) is 0 Å². The SMILES string of the molecule is CCCCCCCCCCCC1(O)CC2CCCC(C1)S2. The molecule has 0 aliphatic carbocycles. The molecular weight excluding hydrogens is 276 g/mol. The van der Waals surface area contributed by atoms with Crippen LogP contribution < -0.4 is 0 Å². The van der Waals surface area contributed by atoms with E-state index in [2.05, 4.69) is 18.7 Å². The number of fused-ring (bicyclic) bond motifs is 2. The van der Waals surface area contributed by atoms with Gasteiger partial charge in [0, 0.05) is 10.5 Å². The molecule has 2 unspecified atom stereocenters. The first-order chi connectivity index (χ1) is 10.2. The van der Waals surface area contributed by atoms with Crippen LogP contribution in [0.3, 0.4) is 0 Å². The molecule has 0 aromatic heterocycles. The van der Waals surface area contributed by atoms with Gasteiger partial charge in [-0.3, -0.25) is 0 Å². The Hall–Kier alpha value is 0.310. The monoisotopic (exact) mass is 312 g/mol. The lowest BCUT2D eigenvalue weighted by atomic mass is 9.82. The maximum Gasteiger partial charge on any atom is 0.0668 e. The van der Waals surface area contributed by atoms with Gasteiger partial charge in [0.1, 0.15) is 0 Å². The molecule has 2 fully saturated rings. The minimum Gasteiger partial charge on any atom is -0.390 e. The molecule has 2 aliphatic rings. The molecule has 1 N–H and O–H groups in total. The number of thioether (sulfide) groups is 1. The Morgan fingerprint density at radius 1 is 0.857 bits per heavy atom. The topological polar surface area (TPSA) is 20.2 Å². The summed E-state index contributed by atoms with van der Waals surface area (Å²) in [6, 6.07) is 0. The third-order valence-electron chi connectivity index (χ3n) is 5.40. The molecule has 0 aromatic carbocycles. The normalized spacial score (nSPS) is 32.3. The zero-order valence-electron chi connectivity index (χ0n) is 14.1. The van der Waals surface area contributed by atoms with Crippen molar-refractivity contribution in [3.63, 3.8) is 0 Å². The molecule has 2 heteroatoms. The molecule has 1 nitrogen and oxygen atoms in total. The summed E-state index contributed by atoms with van der Waals surface area (Å²) < 4.78 is 0. The molecule has 2 rings (SSSR count). The fraction of sp³-hybridized carbons (Fsp3) is 1.00. The maximum atomic E-state index is 10.9. The van der Waals surface area contributed by atoms with Crippen LogP contribution in [-0.2, 0) is 0 Å². The van der Waals surface area contributed by atoms with Gasteiger partial charge in [-0.2, -0.15) is 11.8 Å². The van der Waals surface area contributed by atoms with Crippen molar-refractivity contribution >= 4 is 11.8 Å². The number of unbranched alkanes of at least 4 members (excludes halogenated alkanes) is 8. The fourth-order valence-electron chi connectivity index (χ4n) is 4.18. The van der Waals surface area contributed by atoms with E-state index in [0.717, 1.165) is 29.8 Å². The largest absolute Gasteiger partial charge is 0.390 e. The van der Waals surface area contributed by atoms with E-state index >= 15 is 0 Å². The zero-order valence-corrected chi connectivity index (χ0v) is 14.9. The molecule has 0 saturated carbocycles. The first-order valence-electron chi connectivity index (χ1n) is 9.60. The van der Waals surface area contributed by atoms with E-state index < -0.39 is 0 Å². The smallest absolute Gasteiger partial charge is 0.0668 e. The molecule has 0 spiro atoms. The summed E-state index contributed by atoms with van der Waals surface area (Å²) in [5.41, 5.74) is -0.303. The van der Waals surface area contributed by atoms with Crippen LogP contribution in [0.4, 0.5) is 0 Å². The van der Waals surface area contributed by atoms with E-state index in [9.17, 15) is 5.11 Å². The fourth-order valence-corrected chi connectivity index (χ4v) is 6.14. The summed E-state index contributed by atoms with van der Waals surface area (Å²) in [7, 11) is 0. The van der Waals surface area contributed by atoms with Crippen LogP contribution in [0.15, 0.2) is 0 Å². The van der Waals surface area contributed by atoms with Gasteiger partial charge in [-0.1, -0.05) is 71.1 Å². The summed E-state index contributed by atoms with van der Waals surface area (Å²) in [5.74, 6) is 0. The molecule has 2 atom stereocenters. The lowest BCUT2D eigenvalue weighted by Crippen LogP contribution is -2.42. The summed E-state index contributed by atoms with van der Waals surface area (Å²) in [5, 5.41) is 12.4. The van der Waals surface area contributed by atoms with Gasteiger partial charge in [-0.25, -0.2) is 0 Å². The first kappa shape index (κ1) is 17.7. The molecule has 2 heterocycles. The van der Waals surface area contributed by atoms with Gasteiger partial charge in [0.2, 0.25) is 0 Å². The Balaban J connectivity index is 1.50. The Morgan fingerprint density at radius 2 is 1.38 bits per heavy atom. The average Bonchev–Trinajstić information content (AvgIpc) is 2.45. The molecule has 0 amide bonds. The lowest BCUT2D eigenvalue weighted by molar-refractivity contribution is 0.00235. The number of rotatable bonds is 10. The van der Waals surface area contributed by atoms with Gasteiger partial charge in [-0.05, 0) is 32.1 Å². The van der Waals surface area contributed by atoms with E-state index in [1.165, 1.54) is 77.0 Å². The molecule has 21 heavy (non-hydrogen) atoms. The Labute approximate surface area is 136 Å². The minimum atomic E-state index is -0.303. The lowest BCUT2D eigenvalue weighted by Gasteiger charge is -2.44. The Bertz CT molecular complexity index is 267. The highest BCUT2D eigenvalue weighted by Crippen LogP contribution is 2.47. The standard InChI is InChI=1S/C19H36OS/c1-2-3-4-5-6-7-8-9-10-14-19(20)15-17-12-11-13-18(16-19)21-17/h17-18,20H,2-16H2,1H3. The van der Waals surface area contributed by atoms with Gasteiger partial charge in [0.15, 0.2) is 0 Å². The van der Waals surface area contributed by atoms with Gasteiger partial charge < -0.3 is 5.11 Å². The van der Waals surface area contributed by atoms with Crippen molar-refractivity contribution in [1.82, 2.24) is 0 Å². The van der Waals surface area contributed by atoms with Gasteiger partial charge in [0.05, 0.1) is 5.60 Å². The number of aliphatic hydroxyl groups is 1. The molecule has 0 radical (unpaired) electrons. The summed E-state index contributed by atoms with van der Waals surface area (Å²) in [6.07, 6.45) is 19.7. The zero-order chi connectivity index (χ0) is 15.0. The Kier molecular flexibility index (Phi) is 7.95. The van der Waals surface area contributed by atoms with Crippen LogP contribution in [0, 0.1) is 0 Å². The Morgan fingerprint density at radius 3 is 1.95 bits per heavy atom. The predicted octanol–water partition coefficient (Wildman–Crippen LogP) is 6.09. The van der Waals surface area contributed by atoms with E-state index in [-0.39, 0.29) is 5.60 Å². The van der Waals surface area contributed by atoms with Gasteiger partial charge in [0.25, 0.3) is 0 Å². The summed E-state index contributed by atoms with van der Waals surface area (Å²) in [4.78, 5) is 0. The van der Waals surface area contributed by atoms with E-state index in [4.69, 9.17) is 0 Å². The van der Waals surface area contributed by atoms with Crippen LogP contribution >= 0.6 is 11.8 Å².